The van der Waals surface area contributed by atoms with Gasteiger partial charge in [0.15, 0.2) is 5.76 Å². The van der Waals surface area contributed by atoms with Gasteiger partial charge in [-0.05, 0) is 61.5 Å². The minimum absolute atomic E-state index is 0.0199. The molecule has 0 atom stereocenters. The highest BCUT2D eigenvalue weighted by Gasteiger charge is 2.20. The maximum Gasteiger partial charge on any atom is 0.291 e. The summed E-state index contributed by atoms with van der Waals surface area (Å²) in [7, 11) is 0. The SMILES string of the molecule is Cc1c(-c2cccc(NC(=O)c3ccc(-c4ccccc4[N+](=O)[O-])o3)c2)nc(Nc2ccc(Cl)cc2)[nH]c1=O. The van der Waals surface area contributed by atoms with Crippen molar-refractivity contribution < 1.29 is 14.1 Å². The largest absolute Gasteiger partial charge is 0.451 e. The van der Waals surface area contributed by atoms with Crippen molar-refractivity contribution in [3.05, 3.63) is 122 Å². The van der Waals surface area contributed by atoms with Crippen LogP contribution in [0, 0.1) is 17.0 Å². The topological polar surface area (TPSA) is 143 Å². The third-order valence-electron chi connectivity index (χ3n) is 5.85. The van der Waals surface area contributed by atoms with E-state index >= 15 is 0 Å². The van der Waals surface area contributed by atoms with Crippen molar-refractivity contribution in [3.63, 3.8) is 0 Å². The van der Waals surface area contributed by atoms with Gasteiger partial charge >= 0.3 is 0 Å². The van der Waals surface area contributed by atoms with Crippen LogP contribution in [0.15, 0.2) is 94.1 Å². The fraction of sp³-hybridized carbons (Fsp3) is 0.0357. The van der Waals surface area contributed by atoms with Crippen molar-refractivity contribution in [1.29, 1.82) is 0 Å². The van der Waals surface area contributed by atoms with Gasteiger partial charge in [-0.2, -0.15) is 0 Å². The average Bonchev–Trinajstić information content (AvgIpc) is 3.43. The van der Waals surface area contributed by atoms with E-state index in [1.54, 1.807) is 73.7 Å². The lowest BCUT2D eigenvalue weighted by Gasteiger charge is -2.11. The number of nitro groups is 1. The Labute approximate surface area is 226 Å². The van der Waals surface area contributed by atoms with E-state index in [9.17, 15) is 19.7 Å². The van der Waals surface area contributed by atoms with Gasteiger partial charge in [0, 0.05) is 33.6 Å². The second-order valence-electron chi connectivity index (χ2n) is 8.49. The number of benzene rings is 3. The molecule has 39 heavy (non-hydrogen) atoms. The minimum Gasteiger partial charge on any atom is -0.451 e. The lowest BCUT2D eigenvalue weighted by molar-refractivity contribution is -0.384. The van der Waals surface area contributed by atoms with Crippen LogP contribution in [0.3, 0.4) is 0 Å². The van der Waals surface area contributed by atoms with Crippen molar-refractivity contribution >= 4 is 40.5 Å². The Bertz CT molecular complexity index is 1760. The van der Waals surface area contributed by atoms with Crippen LogP contribution >= 0.6 is 11.6 Å². The number of aromatic nitrogens is 2. The molecule has 5 rings (SSSR count). The number of nitrogens with one attached hydrogen (secondary N) is 3. The molecule has 0 saturated carbocycles. The van der Waals surface area contributed by atoms with Crippen LogP contribution in [-0.4, -0.2) is 20.8 Å². The maximum absolute atomic E-state index is 12.9. The first-order valence-electron chi connectivity index (χ1n) is 11.7. The van der Waals surface area contributed by atoms with Crippen LogP contribution in [0.2, 0.25) is 5.02 Å². The Balaban J connectivity index is 1.39. The first-order valence-corrected chi connectivity index (χ1v) is 12.1. The first-order chi connectivity index (χ1) is 18.8. The van der Waals surface area contributed by atoms with Gasteiger partial charge in [0.25, 0.3) is 17.2 Å². The third-order valence-corrected chi connectivity index (χ3v) is 6.10. The molecule has 0 unspecified atom stereocenters. The molecule has 0 aliphatic carbocycles. The Morgan fingerprint density at radius 1 is 1.00 bits per heavy atom. The van der Waals surface area contributed by atoms with Crippen LogP contribution in [0.25, 0.3) is 22.6 Å². The van der Waals surface area contributed by atoms with Crippen LogP contribution in [0.5, 0.6) is 0 Å². The van der Waals surface area contributed by atoms with Gasteiger partial charge in [-0.15, -0.1) is 0 Å². The third kappa shape index (κ3) is 5.55. The number of para-hydroxylation sites is 1. The summed E-state index contributed by atoms with van der Waals surface area (Å²) in [6.45, 7) is 1.66. The number of hydrogen-bond donors (Lipinski definition) is 3. The molecule has 0 aliphatic rings. The van der Waals surface area contributed by atoms with Crippen molar-refractivity contribution in [2.75, 3.05) is 10.6 Å². The van der Waals surface area contributed by atoms with E-state index in [2.05, 4.69) is 20.6 Å². The Morgan fingerprint density at radius 3 is 2.54 bits per heavy atom. The number of carbonyl (C=O) groups excluding carboxylic acids is 1. The molecule has 10 nitrogen and oxygen atoms in total. The van der Waals surface area contributed by atoms with Gasteiger partial charge < -0.3 is 15.1 Å². The highest BCUT2D eigenvalue weighted by Crippen LogP contribution is 2.31. The van der Waals surface area contributed by atoms with Crippen molar-refractivity contribution in [2.24, 2.45) is 0 Å². The lowest BCUT2D eigenvalue weighted by atomic mass is 10.1. The molecule has 0 spiro atoms. The molecule has 0 radical (unpaired) electrons. The number of H-pyrrole nitrogens is 1. The molecule has 0 aliphatic heterocycles. The fourth-order valence-electron chi connectivity index (χ4n) is 3.93. The highest BCUT2D eigenvalue weighted by atomic mass is 35.5. The van der Waals surface area contributed by atoms with Crippen LogP contribution < -0.4 is 16.2 Å². The summed E-state index contributed by atoms with van der Waals surface area (Å²) in [6, 6.07) is 22.9. The van der Waals surface area contributed by atoms with Gasteiger partial charge in [-0.25, -0.2) is 4.98 Å². The predicted octanol–water partition coefficient (Wildman–Crippen LogP) is 6.56. The second-order valence-corrected chi connectivity index (χ2v) is 8.93. The average molecular weight is 542 g/mol. The zero-order chi connectivity index (χ0) is 27.5. The van der Waals surface area contributed by atoms with E-state index in [4.69, 9.17) is 16.0 Å². The molecule has 1 amide bonds. The molecular formula is C28H20ClN5O5. The summed E-state index contributed by atoms with van der Waals surface area (Å²) in [5.41, 5.74) is 2.40. The van der Waals surface area contributed by atoms with Gasteiger partial charge in [0.1, 0.15) is 5.76 Å². The van der Waals surface area contributed by atoms with E-state index in [0.717, 1.165) is 0 Å². The number of rotatable bonds is 7. The normalized spacial score (nSPS) is 10.7. The van der Waals surface area contributed by atoms with E-state index in [1.807, 2.05) is 0 Å². The number of aromatic amines is 1. The molecule has 3 N–H and O–H groups in total. The standard InChI is InChI=1S/C28H20ClN5O5/c1-16-25(32-28(33-26(16)35)31-19-11-9-18(29)10-12-19)17-5-4-6-20(15-17)30-27(36)24-14-13-23(39-24)21-7-2-3-8-22(21)34(37)38/h2-15H,1H3,(H,30,36)(H2,31,32,33,35). The number of halogens is 1. The van der Waals surface area contributed by atoms with Crippen molar-refractivity contribution in [3.8, 4) is 22.6 Å². The molecule has 2 heterocycles. The Hall–Kier alpha value is -5.22. The summed E-state index contributed by atoms with van der Waals surface area (Å²) in [4.78, 5) is 43.6. The van der Waals surface area contributed by atoms with Crippen molar-refractivity contribution in [1.82, 2.24) is 9.97 Å². The molecule has 3 aromatic carbocycles. The second kappa shape index (κ2) is 10.6. The Kier molecular flexibility index (Phi) is 6.94. The molecule has 194 valence electrons. The van der Waals surface area contributed by atoms with Gasteiger partial charge in [0.2, 0.25) is 5.95 Å². The molecule has 11 heteroatoms. The van der Waals surface area contributed by atoms with E-state index in [1.165, 1.54) is 18.2 Å². The van der Waals surface area contributed by atoms with Gasteiger partial charge in [-0.1, -0.05) is 35.9 Å². The summed E-state index contributed by atoms with van der Waals surface area (Å²) in [6.07, 6.45) is 0. The van der Waals surface area contributed by atoms with E-state index < -0.39 is 10.8 Å². The number of nitrogens with zero attached hydrogens (tertiary/aromatic N) is 2. The monoisotopic (exact) mass is 541 g/mol. The predicted molar refractivity (Wildman–Crippen MR) is 149 cm³/mol. The van der Waals surface area contributed by atoms with Gasteiger partial charge in [0.05, 0.1) is 16.2 Å². The Morgan fingerprint density at radius 2 is 1.77 bits per heavy atom. The lowest BCUT2D eigenvalue weighted by Crippen LogP contribution is -2.15. The highest BCUT2D eigenvalue weighted by molar-refractivity contribution is 6.30. The molecule has 2 aromatic heterocycles. The van der Waals surface area contributed by atoms with E-state index in [0.29, 0.717) is 33.2 Å². The zero-order valence-electron chi connectivity index (χ0n) is 20.4. The molecular weight excluding hydrogens is 522 g/mol. The summed E-state index contributed by atoms with van der Waals surface area (Å²) >= 11 is 5.94. The smallest absolute Gasteiger partial charge is 0.291 e. The summed E-state index contributed by atoms with van der Waals surface area (Å²) in [5.74, 6) is -0.119. The minimum atomic E-state index is -0.544. The van der Waals surface area contributed by atoms with Crippen LogP contribution in [0.1, 0.15) is 16.1 Å². The van der Waals surface area contributed by atoms with Gasteiger partial charge in [-0.3, -0.25) is 24.7 Å². The van der Waals surface area contributed by atoms with Crippen LogP contribution in [0.4, 0.5) is 23.0 Å². The zero-order valence-corrected chi connectivity index (χ0v) is 21.2. The molecule has 0 fully saturated rings. The number of furan rings is 1. The van der Waals surface area contributed by atoms with E-state index in [-0.39, 0.29) is 34.3 Å². The number of carbonyl (C=O) groups is 1. The van der Waals surface area contributed by atoms with Crippen LogP contribution in [-0.2, 0) is 0 Å². The number of amides is 1. The summed E-state index contributed by atoms with van der Waals surface area (Å²) < 4.78 is 5.63. The maximum atomic E-state index is 12.9. The molecule has 0 saturated heterocycles. The molecule has 0 bridgehead atoms. The first kappa shape index (κ1) is 25.4. The summed E-state index contributed by atoms with van der Waals surface area (Å²) in [5, 5.41) is 17.7. The quantitative estimate of drug-likeness (QED) is 0.156. The number of anilines is 3. The van der Waals surface area contributed by atoms with Crippen molar-refractivity contribution in [2.45, 2.75) is 6.92 Å². The fourth-order valence-corrected chi connectivity index (χ4v) is 4.05. The number of hydrogen-bond acceptors (Lipinski definition) is 7. The number of nitro benzene ring substituents is 1. The molecule has 5 aromatic rings.